The summed E-state index contributed by atoms with van der Waals surface area (Å²) in [5, 5.41) is 13.8. The second-order valence-electron chi connectivity index (χ2n) is 7.84. The van der Waals surface area contributed by atoms with Crippen molar-refractivity contribution in [3.05, 3.63) is 53.8 Å². The molecule has 0 aromatic heterocycles. The van der Waals surface area contributed by atoms with Gasteiger partial charge in [0, 0.05) is 19.0 Å². The largest absolute Gasteiger partial charge is 0.481 e. The zero-order valence-electron chi connectivity index (χ0n) is 18.4. The van der Waals surface area contributed by atoms with Crippen molar-refractivity contribution in [1.29, 1.82) is 0 Å². The highest BCUT2D eigenvalue weighted by Gasteiger charge is 2.32. The van der Waals surface area contributed by atoms with E-state index < -0.39 is 42.4 Å². The maximum atomic E-state index is 14.9. The van der Waals surface area contributed by atoms with Crippen LogP contribution in [0.15, 0.2) is 42.5 Å². The molecule has 1 heterocycles. The van der Waals surface area contributed by atoms with E-state index in [2.05, 4.69) is 10.6 Å². The zero-order chi connectivity index (χ0) is 24.8. The molecule has 2 aromatic rings. The summed E-state index contributed by atoms with van der Waals surface area (Å²) in [6.45, 7) is 1.87. The average Bonchev–Trinajstić information content (AvgIpc) is 3.16. The number of aliphatic carboxylic acids is 1. The van der Waals surface area contributed by atoms with Crippen molar-refractivity contribution in [3.63, 3.8) is 0 Å². The van der Waals surface area contributed by atoms with Crippen molar-refractivity contribution in [2.24, 2.45) is 5.73 Å². The number of rotatable bonds is 9. The molecular formula is C23H25FN4O6. The molecule has 11 heteroatoms. The lowest BCUT2D eigenvalue weighted by atomic mass is 10.0. The fourth-order valence-electron chi connectivity index (χ4n) is 3.41. The normalized spacial score (nSPS) is 16.0. The van der Waals surface area contributed by atoms with E-state index in [-0.39, 0.29) is 25.5 Å². The summed E-state index contributed by atoms with van der Waals surface area (Å²) in [5.74, 6) is -2.50. The van der Waals surface area contributed by atoms with E-state index in [1.165, 1.54) is 17.9 Å². The molecule has 180 valence electrons. The van der Waals surface area contributed by atoms with Gasteiger partial charge in [-0.2, -0.15) is 0 Å². The second kappa shape index (κ2) is 10.8. The Morgan fingerprint density at radius 2 is 1.91 bits per heavy atom. The number of halogens is 1. The van der Waals surface area contributed by atoms with E-state index in [9.17, 15) is 23.6 Å². The molecule has 0 saturated carbocycles. The van der Waals surface area contributed by atoms with Crippen LogP contribution in [0.3, 0.4) is 0 Å². The summed E-state index contributed by atoms with van der Waals surface area (Å²) in [4.78, 5) is 47.0. The number of ether oxygens (including phenoxy) is 1. The number of amides is 3. The summed E-state index contributed by atoms with van der Waals surface area (Å²) in [5.41, 5.74) is 7.50. The van der Waals surface area contributed by atoms with Crippen LogP contribution in [-0.4, -0.2) is 54.2 Å². The number of carbonyl (C=O) groups excluding carboxylic acids is 3. The summed E-state index contributed by atoms with van der Waals surface area (Å²) in [6, 6.07) is 10.0. The third-order valence-electron chi connectivity index (χ3n) is 5.18. The minimum Gasteiger partial charge on any atom is -0.481 e. The van der Waals surface area contributed by atoms with Gasteiger partial charge < -0.3 is 26.2 Å². The number of carboxylic acid groups (broad SMARTS) is 1. The minimum atomic E-state index is -1.16. The lowest BCUT2D eigenvalue weighted by molar-refractivity contribution is -0.139. The maximum Gasteiger partial charge on any atom is 0.414 e. The van der Waals surface area contributed by atoms with Gasteiger partial charge in [-0.15, -0.1) is 0 Å². The van der Waals surface area contributed by atoms with Crippen molar-refractivity contribution in [2.45, 2.75) is 32.0 Å². The van der Waals surface area contributed by atoms with E-state index in [0.29, 0.717) is 16.8 Å². The number of carboxylic acids is 1. The first kappa shape index (κ1) is 24.6. The molecular weight excluding hydrogens is 447 g/mol. The van der Waals surface area contributed by atoms with Crippen LogP contribution in [0.5, 0.6) is 0 Å². The topological polar surface area (TPSA) is 151 Å². The quantitative estimate of drug-likeness (QED) is 0.430. The molecule has 1 aliphatic heterocycles. The highest BCUT2D eigenvalue weighted by atomic mass is 19.1. The molecule has 5 N–H and O–H groups in total. The number of hydrogen-bond acceptors (Lipinski definition) is 6. The highest BCUT2D eigenvalue weighted by molar-refractivity contribution is 5.90. The number of nitrogens with zero attached hydrogens (tertiary/aromatic N) is 1. The summed E-state index contributed by atoms with van der Waals surface area (Å²) < 4.78 is 20.1. The van der Waals surface area contributed by atoms with Crippen molar-refractivity contribution >= 4 is 29.6 Å². The Bertz CT molecular complexity index is 1090. The highest BCUT2D eigenvalue weighted by Crippen LogP contribution is 2.29. The van der Waals surface area contributed by atoms with Gasteiger partial charge in [0.2, 0.25) is 11.8 Å². The predicted octanol–water partition coefficient (Wildman–Crippen LogP) is 1.37. The van der Waals surface area contributed by atoms with Crippen molar-refractivity contribution in [3.8, 4) is 11.1 Å². The predicted molar refractivity (Wildman–Crippen MR) is 120 cm³/mol. The first-order valence-corrected chi connectivity index (χ1v) is 10.5. The van der Waals surface area contributed by atoms with Crippen LogP contribution in [0, 0.1) is 5.82 Å². The van der Waals surface area contributed by atoms with Gasteiger partial charge in [-0.25, -0.2) is 9.18 Å². The van der Waals surface area contributed by atoms with Crippen LogP contribution in [0.2, 0.25) is 0 Å². The molecule has 1 unspecified atom stereocenters. The number of benzene rings is 2. The lowest BCUT2D eigenvalue weighted by Gasteiger charge is -2.15. The Labute approximate surface area is 194 Å². The van der Waals surface area contributed by atoms with E-state index in [4.69, 9.17) is 15.6 Å². The summed E-state index contributed by atoms with van der Waals surface area (Å²) >= 11 is 0. The molecule has 1 saturated heterocycles. The number of anilines is 1. The zero-order valence-corrected chi connectivity index (χ0v) is 18.4. The molecule has 0 spiro atoms. The maximum absolute atomic E-state index is 14.9. The molecule has 0 radical (unpaired) electrons. The Balaban J connectivity index is 1.62. The van der Waals surface area contributed by atoms with Crippen LogP contribution in [0.25, 0.3) is 11.1 Å². The smallest absolute Gasteiger partial charge is 0.414 e. The van der Waals surface area contributed by atoms with Gasteiger partial charge in [0.05, 0.1) is 31.2 Å². The molecule has 0 aliphatic carbocycles. The van der Waals surface area contributed by atoms with Gasteiger partial charge in [0.25, 0.3) is 0 Å². The number of nitrogens with one attached hydrogen (secondary N) is 2. The Hall–Kier alpha value is -3.99. The summed E-state index contributed by atoms with van der Waals surface area (Å²) in [7, 11) is 0. The number of hydrogen-bond donors (Lipinski definition) is 4. The molecule has 2 aromatic carbocycles. The van der Waals surface area contributed by atoms with Gasteiger partial charge in [0.1, 0.15) is 11.9 Å². The van der Waals surface area contributed by atoms with Gasteiger partial charge >= 0.3 is 12.1 Å². The van der Waals surface area contributed by atoms with Crippen LogP contribution in [0.1, 0.15) is 18.9 Å². The lowest BCUT2D eigenvalue weighted by Crippen LogP contribution is -2.41. The van der Waals surface area contributed by atoms with Crippen molar-refractivity contribution in [1.82, 2.24) is 10.6 Å². The molecule has 1 aliphatic rings. The van der Waals surface area contributed by atoms with Gasteiger partial charge in [-0.1, -0.05) is 24.3 Å². The van der Waals surface area contributed by atoms with Crippen LogP contribution >= 0.6 is 0 Å². The van der Waals surface area contributed by atoms with Crippen molar-refractivity contribution < 1.29 is 33.4 Å². The van der Waals surface area contributed by atoms with Gasteiger partial charge in [0.15, 0.2) is 0 Å². The van der Waals surface area contributed by atoms with Crippen LogP contribution in [0.4, 0.5) is 14.9 Å². The number of carbonyl (C=O) groups is 4. The Morgan fingerprint density at radius 1 is 1.21 bits per heavy atom. The van der Waals surface area contributed by atoms with Gasteiger partial charge in [-0.05, 0) is 29.3 Å². The van der Waals surface area contributed by atoms with E-state index in [0.717, 1.165) is 5.56 Å². The second-order valence-corrected chi connectivity index (χ2v) is 7.84. The van der Waals surface area contributed by atoms with E-state index in [1.54, 1.807) is 36.4 Å². The number of nitrogens with two attached hydrogens (primary N) is 1. The molecule has 3 rings (SSSR count). The standard InChI is InChI=1S/C23H25FN4O6/c1-13(29)26-11-17-12-28(23(33)34-17)16-6-7-18(19(24)8-16)15-4-2-14(3-5-15)10-27-22(32)20(25)9-21(30)31/h2-8,17,20H,9-12,25H2,1H3,(H,26,29)(H,27,32)(H,30,31)/t17-,20?/m0/s1. The molecule has 0 bridgehead atoms. The fourth-order valence-corrected chi connectivity index (χ4v) is 3.41. The van der Waals surface area contributed by atoms with E-state index >= 15 is 0 Å². The summed E-state index contributed by atoms with van der Waals surface area (Å²) in [6.07, 6.45) is -1.60. The molecule has 1 fully saturated rings. The van der Waals surface area contributed by atoms with E-state index in [1.807, 2.05) is 0 Å². The Morgan fingerprint density at radius 3 is 2.53 bits per heavy atom. The monoisotopic (exact) mass is 472 g/mol. The third-order valence-corrected chi connectivity index (χ3v) is 5.18. The Kier molecular flexibility index (Phi) is 7.79. The SMILES string of the molecule is CC(=O)NC[C@H]1CN(c2ccc(-c3ccc(CNC(=O)C(N)CC(=O)O)cc3)c(F)c2)C(=O)O1. The fraction of sp³-hybridized carbons (Fsp3) is 0.304. The first-order valence-electron chi connectivity index (χ1n) is 10.5. The van der Waals surface area contributed by atoms with Crippen LogP contribution in [-0.2, 0) is 25.7 Å². The molecule has 10 nitrogen and oxygen atoms in total. The third kappa shape index (κ3) is 6.29. The number of cyclic esters (lactones) is 1. The molecule has 3 amide bonds. The first-order chi connectivity index (χ1) is 16.1. The average molecular weight is 472 g/mol. The van der Waals surface area contributed by atoms with Crippen molar-refractivity contribution in [2.75, 3.05) is 18.0 Å². The molecule has 2 atom stereocenters. The molecule has 34 heavy (non-hydrogen) atoms. The van der Waals surface area contributed by atoms with Gasteiger partial charge in [-0.3, -0.25) is 19.3 Å². The minimum absolute atomic E-state index is 0.143. The van der Waals surface area contributed by atoms with Crippen LogP contribution < -0.4 is 21.3 Å².